The van der Waals surface area contributed by atoms with E-state index in [1.54, 1.807) is 24.3 Å². The summed E-state index contributed by atoms with van der Waals surface area (Å²) in [5, 5.41) is 12.9. The van der Waals surface area contributed by atoms with Crippen LogP contribution in [0.25, 0.3) is 0 Å². The van der Waals surface area contributed by atoms with Gasteiger partial charge in [-0.1, -0.05) is 30.3 Å². The fourth-order valence-corrected chi connectivity index (χ4v) is 2.48. The van der Waals surface area contributed by atoms with Crippen molar-refractivity contribution in [2.24, 2.45) is 5.92 Å². The molecular formula is C14H20N2O4S. The van der Waals surface area contributed by atoms with Crippen LogP contribution in [-0.4, -0.2) is 38.6 Å². The molecule has 2 unspecified atom stereocenters. The lowest BCUT2D eigenvalue weighted by molar-refractivity contribution is -0.130. The number of aliphatic hydroxyl groups excluding tert-OH is 1. The normalized spacial score (nSPS) is 17.4. The molecule has 0 saturated heterocycles. The van der Waals surface area contributed by atoms with Crippen molar-refractivity contribution < 1.29 is 18.3 Å². The van der Waals surface area contributed by atoms with Crippen LogP contribution >= 0.6 is 0 Å². The molecule has 1 fully saturated rings. The Morgan fingerprint density at radius 3 is 2.52 bits per heavy atom. The molecule has 116 valence electrons. The highest BCUT2D eigenvalue weighted by Gasteiger charge is 2.29. The van der Waals surface area contributed by atoms with E-state index in [1.807, 2.05) is 6.07 Å². The van der Waals surface area contributed by atoms with Gasteiger partial charge in [0.25, 0.3) is 0 Å². The van der Waals surface area contributed by atoms with Crippen molar-refractivity contribution in [2.45, 2.75) is 24.9 Å². The first-order valence-corrected chi connectivity index (χ1v) is 8.14. The summed E-state index contributed by atoms with van der Waals surface area (Å²) in [6, 6.07) is 8.92. The molecule has 0 aromatic heterocycles. The lowest BCUT2D eigenvalue weighted by Gasteiger charge is -2.22. The van der Waals surface area contributed by atoms with Crippen LogP contribution in [0.1, 0.15) is 24.3 Å². The number of hydrogen-bond acceptors (Lipinski definition) is 4. The highest BCUT2D eigenvalue weighted by atomic mass is 32.2. The van der Waals surface area contributed by atoms with Crippen molar-refractivity contribution in [1.29, 1.82) is 0 Å². The SMILES string of the molecule is O=C(NCC1CC1)C(O)C(CN[SH](=O)=O)c1ccccc1. The van der Waals surface area contributed by atoms with Crippen LogP contribution in [0, 0.1) is 5.92 Å². The molecule has 6 nitrogen and oxygen atoms in total. The summed E-state index contributed by atoms with van der Waals surface area (Å²) in [5.74, 6) is -0.553. The molecule has 0 aliphatic heterocycles. The Kier molecular flexibility index (Phi) is 5.72. The Morgan fingerprint density at radius 1 is 1.29 bits per heavy atom. The molecule has 1 amide bonds. The van der Waals surface area contributed by atoms with Gasteiger partial charge >= 0.3 is 0 Å². The van der Waals surface area contributed by atoms with Gasteiger partial charge in [0, 0.05) is 19.0 Å². The standard InChI is InChI=1S/C14H20N2O4S/c17-13(14(18)15-8-10-6-7-10)12(9-16-21(19)20)11-4-2-1-3-5-11/h1-5,10,12-13,17,21H,6-9H2,(H,15,18)(H,16,19,20). The fourth-order valence-electron chi connectivity index (χ4n) is 2.14. The molecule has 1 aromatic carbocycles. The quantitative estimate of drug-likeness (QED) is 0.499. The molecule has 1 aromatic rings. The second-order valence-electron chi connectivity index (χ2n) is 5.27. The molecule has 1 saturated carbocycles. The zero-order valence-electron chi connectivity index (χ0n) is 11.6. The third kappa shape index (κ3) is 5.11. The van der Waals surface area contributed by atoms with Crippen molar-refractivity contribution in [3.63, 3.8) is 0 Å². The summed E-state index contributed by atoms with van der Waals surface area (Å²) >= 11 is 0. The minimum atomic E-state index is -2.77. The van der Waals surface area contributed by atoms with E-state index in [0.29, 0.717) is 12.5 Å². The number of rotatable bonds is 8. The predicted molar refractivity (Wildman–Crippen MR) is 79.2 cm³/mol. The zero-order chi connectivity index (χ0) is 15.2. The highest BCUT2D eigenvalue weighted by Crippen LogP contribution is 2.27. The third-order valence-corrected chi connectivity index (χ3v) is 4.02. The maximum absolute atomic E-state index is 12.0. The number of carbonyl (C=O) groups is 1. The van der Waals surface area contributed by atoms with E-state index >= 15 is 0 Å². The zero-order valence-corrected chi connectivity index (χ0v) is 12.5. The molecule has 2 atom stereocenters. The van der Waals surface area contributed by atoms with Crippen molar-refractivity contribution in [2.75, 3.05) is 13.1 Å². The largest absolute Gasteiger partial charge is 0.383 e. The number of hydrogen-bond donors (Lipinski definition) is 4. The Morgan fingerprint density at radius 2 is 1.95 bits per heavy atom. The molecule has 0 bridgehead atoms. The minimum absolute atomic E-state index is 0.0132. The van der Waals surface area contributed by atoms with Gasteiger partial charge in [0.1, 0.15) is 6.10 Å². The molecule has 7 heteroatoms. The molecular weight excluding hydrogens is 292 g/mol. The van der Waals surface area contributed by atoms with E-state index in [-0.39, 0.29) is 6.54 Å². The van der Waals surface area contributed by atoms with E-state index < -0.39 is 28.8 Å². The molecule has 0 spiro atoms. The van der Waals surface area contributed by atoms with Crippen molar-refractivity contribution in [3.8, 4) is 0 Å². The van der Waals surface area contributed by atoms with E-state index in [1.165, 1.54) is 0 Å². The van der Waals surface area contributed by atoms with Crippen molar-refractivity contribution >= 4 is 16.8 Å². The summed E-state index contributed by atoms with van der Waals surface area (Å²) in [6.07, 6.45) is 0.932. The van der Waals surface area contributed by atoms with Gasteiger partial charge in [-0.2, -0.15) is 0 Å². The average Bonchev–Trinajstić information content (AvgIpc) is 3.29. The monoisotopic (exact) mass is 312 g/mol. The van der Waals surface area contributed by atoms with Crippen molar-refractivity contribution in [1.82, 2.24) is 10.0 Å². The van der Waals surface area contributed by atoms with Gasteiger partial charge < -0.3 is 10.4 Å². The van der Waals surface area contributed by atoms with E-state index in [9.17, 15) is 18.3 Å². The van der Waals surface area contributed by atoms with Crippen LogP contribution in [0.15, 0.2) is 30.3 Å². The fraction of sp³-hybridized carbons (Fsp3) is 0.500. The van der Waals surface area contributed by atoms with E-state index in [0.717, 1.165) is 18.4 Å². The second kappa shape index (κ2) is 7.53. The van der Waals surface area contributed by atoms with Gasteiger partial charge in [-0.05, 0) is 24.3 Å². The summed E-state index contributed by atoms with van der Waals surface area (Å²) in [7, 11) is -2.77. The average molecular weight is 312 g/mol. The Hall–Kier alpha value is -1.44. The van der Waals surface area contributed by atoms with Gasteiger partial charge in [0.15, 0.2) is 0 Å². The van der Waals surface area contributed by atoms with Crippen LogP contribution < -0.4 is 10.0 Å². The first kappa shape index (κ1) is 15.9. The smallest absolute Gasteiger partial charge is 0.249 e. The van der Waals surface area contributed by atoms with Gasteiger partial charge in [0.2, 0.25) is 16.8 Å². The first-order valence-electron chi connectivity index (χ1n) is 6.96. The number of amides is 1. The van der Waals surface area contributed by atoms with Crippen LogP contribution in [0.2, 0.25) is 0 Å². The Balaban J connectivity index is 2.03. The summed E-state index contributed by atoms with van der Waals surface area (Å²) in [5.41, 5.74) is 0.718. The summed E-state index contributed by atoms with van der Waals surface area (Å²) < 4.78 is 23.7. The highest BCUT2D eigenvalue weighted by molar-refractivity contribution is 7.70. The summed E-state index contributed by atoms with van der Waals surface area (Å²) in [6.45, 7) is 0.557. The second-order valence-corrected chi connectivity index (χ2v) is 6.10. The van der Waals surface area contributed by atoms with E-state index in [4.69, 9.17) is 0 Å². The van der Waals surface area contributed by atoms with E-state index in [2.05, 4.69) is 10.0 Å². The topological polar surface area (TPSA) is 95.5 Å². The molecule has 0 heterocycles. The van der Waals surface area contributed by atoms with Crippen LogP contribution in [0.4, 0.5) is 0 Å². The first-order chi connectivity index (χ1) is 10.1. The third-order valence-electron chi connectivity index (χ3n) is 3.58. The minimum Gasteiger partial charge on any atom is -0.383 e. The number of carbonyl (C=O) groups excluding carboxylic acids is 1. The molecule has 1 aliphatic carbocycles. The Bertz CT molecular complexity index is 535. The lowest BCUT2D eigenvalue weighted by Crippen LogP contribution is -2.42. The van der Waals surface area contributed by atoms with Gasteiger partial charge in [-0.15, -0.1) is 0 Å². The molecule has 1 aliphatic rings. The summed E-state index contributed by atoms with van der Waals surface area (Å²) in [4.78, 5) is 12.0. The molecule has 21 heavy (non-hydrogen) atoms. The van der Waals surface area contributed by atoms with Crippen molar-refractivity contribution in [3.05, 3.63) is 35.9 Å². The molecule has 0 radical (unpaired) electrons. The molecule has 3 N–H and O–H groups in total. The maximum Gasteiger partial charge on any atom is 0.249 e. The number of thiol groups is 1. The van der Waals surface area contributed by atoms with Gasteiger partial charge in [-0.3, -0.25) is 4.79 Å². The van der Waals surface area contributed by atoms with Gasteiger partial charge in [0.05, 0.1) is 0 Å². The number of benzene rings is 1. The molecule has 2 rings (SSSR count). The Labute approximate surface area is 125 Å². The van der Waals surface area contributed by atoms with Crippen LogP contribution in [-0.2, 0) is 15.7 Å². The maximum atomic E-state index is 12.0. The van der Waals surface area contributed by atoms with Crippen LogP contribution in [0.3, 0.4) is 0 Å². The van der Waals surface area contributed by atoms with Crippen LogP contribution in [0.5, 0.6) is 0 Å². The predicted octanol–water partition coefficient (Wildman–Crippen LogP) is -0.227. The van der Waals surface area contributed by atoms with Gasteiger partial charge in [-0.25, -0.2) is 13.1 Å². The lowest BCUT2D eigenvalue weighted by atomic mass is 9.93. The number of nitrogens with one attached hydrogen (secondary N) is 2. The number of aliphatic hydroxyl groups is 1.